The fourth-order valence-electron chi connectivity index (χ4n) is 4.45. The number of carbonyl (C=O) groups excluding carboxylic acids is 4. The van der Waals surface area contributed by atoms with Crippen molar-refractivity contribution in [2.24, 2.45) is 0 Å². The van der Waals surface area contributed by atoms with Gasteiger partial charge in [0, 0.05) is 55.0 Å². The highest BCUT2D eigenvalue weighted by atomic mass is 35.5. The van der Waals surface area contributed by atoms with Crippen LogP contribution in [0.1, 0.15) is 15.9 Å². The third-order valence-electron chi connectivity index (χ3n) is 6.73. The molecule has 0 spiro atoms. The molecule has 1 heterocycles. The van der Waals surface area contributed by atoms with Crippen molar-refractivity contribution in [1.29, 1.82) is 0 Å². The predicted molar refractivity (Wildman–Crippen MR) is 153 cm³/mol. The third kappa shape index (κ3) is 7.46. The number of likely N-dealkylation sites (N-methyl/N-ethyl adjacent to an activating group) is 1. The van der Waals surface area contributed by atoms with Crippen molar-refractivity contribution in [1.82, 2.24) is 15.1 Å². The molecule has 11 nitrogen and oxygen atoms in total. The van der Waals surface area contributed by atoms with Gasteiger partial charge in [0.1, 0.15) is 12.6 Å². The first-order valence-electron chi connectivity index (χ1n) is 12.8. The number of benzene rings is 3. The quantitative estimate of drug-likeness (QED) is 0.307. The molecule has 1 aliphatic heterocycles. The van der Waals surface area contributed by atoms with E-state index in [-0.39, 0.29) is 49.8 Å². The fourth-order valence-corrected chi connectivity index (χ4v) is 4.57. The first kappa shape index (κ1) is 29.2. The van der Waals surface area contributed by atoms with Crippen molar-refractivity contribution in [2.75, 3.05) is 38.1 Å². The van der Waals surface area contributed by atoms with Crippen LogP contribution in [0.15, 0.2) is 78.9 Å². The van der Waals surface area contributed by atoms with E-state index in [2.05, 4.69) is 5.32 Å². The predicted octanol–water partition coefficient (Wildman–Crippen LogP) is 2.92. The summed E-state index contributed by atoms with van der Waals surface area (Å²) in [6.07, 6.45) is 0.245. The second kappa shape index (κ2) is 13.1. The van der Waals surface area contributed by atoms with E-state index < -0.39 is 28.7 Å². The highest BCUT2D eigenvalue weighted by Crippen LogP contribution is 2.19. The van der Waals surface area contributed by atoms with E-state index in [1.165, 1.54) is 39.0 Å². The smallest absolute Gasteiger partial charge is 0.269 e. The first-order chi connectivity index (χ1) is 19.6. The van der Waals surface area contributed by atoms with Crippen LogP contribution in [0.5, 0.6) is 0 Å². The molecule has 1 fully saturated rings. The highest BCUT2D eigenvalue weighted by Gasteiger charge is 2.31. The number of nitrogens with one attached hydrogen (secondary N) is 1. The molecule has 3 aromatic rings. The van der Waals surface area contributed by atoms with Crippen molar-refractivity contribution in [3.63, 3.8) is 0 Å². The second-order valence-corrected chi connectivity index (χ2v) is 9.97. The molecule has 12 heteroatoms. The van der Waals surface area contributed by atoms with Crippen molar-refractivity contribution in [2.45, 2.75) is 12.5 Å². The Morgan fingerprint density at radius 1 is 1.00 bits per heavy atom. The molecule has 0 saturated carbocycles. The van der Waals surface area contributed by atoms with Crippen molar-refractivity contribution in [3.8, 4) is 0 Å². The summed E-state index contributed by atoms with van der Waals surface area (Å²) in [5.74, 6) is -1.70. The number of amides is 4. The van der Waals surface area contributed by atoms with Gasteiger partial charge < -0.3 is 20.0 Å². The van der Waals surface area contributed by atoms with E-state index in [9.17, 15) is 29.3 Å². The standard InChI is InChI=1S/C29H28ClN5O6/c1-32(23-13-9-22(30)10-14-23)29(39)25(17-20-5-3-2-4-6-20)31-26(36)18-33-15-16-34(19-27(33)37)28(38)21-7-11-24(12-8-21)35(40)41/h2-14,25H,15-19H2,1H3,(H,31,36). The van der Waals surface area contributed by atoms with Gasteiger partial charge in [0.05, 0.1) is 11.5 Å². The number of piperazine rings is 1. The Morgan fingerprint density at radius 3 is 2.27 bits per heavy atom. The molecular weight excluding hydrogens is 550 g/mol. The zero-order chi connectivity index (χ0) is 29.5. The average Bonchev–Trinajstić information content (AvgIpc) is 2.97. The van der Waals surface area contributed by atoms with Gasteiger partial charge >= 0.3 is 0 Å². The number of carbonyl (C=O) groups is 4. The van der Waals surface area contributed by atoms with Gasteiger partial charge in [0.2, 0.25) is 17.7 Å². The monoisotopic (exact) mass is 577 g/mol. The maximum Gasteiger partial charge on any atom is 0.269 e. The van der Waals surface area contributed by atoms with E-state index >= 15 is 0 Å². The molecule has 41 heavy (non-hydrogen) atoms. The topological polar surface area (TPSA) is 133 Å². The fraction of sp³-hybridized carbons (Fsp3) is 0.241. The van der Waals surface area contributed by atoms with E-state index in [0.29, 0.717) is 10.7 Å². The summed E-state index contributed by atoms with van der Waals surface area (Å²) in [4.78, 5) is 66.6. The Morgan fingerprint density at radius 2 is 1.66 bits per heavy atom. The van der Waals surface area contributed by atoms with E-state index in [1.54, 1.807) is 31.3 Å². The molecule has 1 unspecified atom stereocenters. The lowest BCUT2D eigenvalue weighted by Crippen LogP contribution is -2.56. The minimum Gasteiger partial charge on any atom is -0.342 e. The molecule has 3 aromatic carbocycles. The van der Waals surface area contributed by atoms with E-state index in [4.69, 9.17) is 11.6 Å². The van der Waals surface area contributed by atoms with Gasteiger partial charge in [-0.15, -0.1) is 0 Å². The molecule has 1 aliphatic rings. The highest BCUT2D eigenvalue weighted by molar-refractivity contribution is 6.30. The molecule has 0 bridgehead atoms. The van der Waals surface area contributed by atoms with Gasteiger partial charge in [-0.1, -0.05) is 41.9 Å². The zero-order valence-corrected chi connectivity index (χ0v) is 23.0. The van der Waals surface area contributed by atoms with Gasteiger partial charge in [-0.2, -0.15) is 0 Å². The maximum atomic E-state index is 13.5. The molecule has 0 radical (unpaired) electrons. The molecule has 212 valence electrons. The van der Waals surface area contributed by atoms with Crippen molar-refractivity contribution in [3.05, 3.63) is 105 Å². The zero-order valence-electron chi connectivity index (χ0n) is 22.2. The molecule has 4 rings (SSSR count). The Balaban J connectivity index is 1.39. The molecule has 1 saturated heterocycles. The Kier molecular flexibility index (Phi) is 9.30. The number of rotatable bonds is 9. The van der Waals surface area contributed by atoms with Gasteiger partial charge in [-0.05, 0) is 42.0 Å². The van der Waals surface area contributed by atoms with Crippen LogP contribution in [0.25, 0.3) is 0 Å². The molecule has 0 aromatic heterocycles. The number of nitro benzene ring substituents is 1. The minimum absolute atomic E-state index is 0.118. The molecule has 1 atom stereocenters. The molecular formula is C29H28ClN5O6. The van der Waals surface area contributed by atoms with Crippen LogP contribution in [0.2, 0.25) is 5.02 Å². The first-order valence-corrected chi connectivity index (χ1v) is 13.2. The summed E-state index contributed by atoms with van der Waals surface area (Å²) in [6.45, 7) is -0.218. The molecule has 1 N–H and O–H groups in total. The number of halogens is 1. The number of anilines is 1. The Hall–Kier alpha value is -4.77. The lowest BCUT2D eigenvalue weighted by Gasteiger charge is -2.34. The third-order valence-corrected chi connectivity index (χ3v) is 6.98. The van der Waals surface area contributed by atoms with Crippen LogP contribution in [0.3, 0.4) is 0 Å². The largest absolute Gasteiger partial charge is 0.342 e. The lowest BCUT2D eigenvalue weighted by molar-refractivity contribution is -0.384. The molecule has 4 amide bonds. The van der Waals surface area contributed by atoms with Crippen LogP contribution in [-0.4, -0.2) is 77.6 Å². The number of hydrogen-bond donors (Lipinski definition) is 1. The minimum atomic E-state index is -0.898. The Bertz CT molecular complexity index is 1430. The van der Waals surface area contributed by atoms with Crippen LogP contribution in [0.4, 0.5) is 11.4 Å². The van der Waals surface area contributed by atoms with Crippen LogP contribution >= 0.6 is 11.6 Å². The number of non-ortho nitro benzene ring substituents is 1. The van der Waals surface area contributed by atoms with Crippen LogP contribution < -0.4 is 10.2 Å². The lowest BCUT2D eigenvalue weighted by atomic mass is 10.0. The van der Waals surface area contributed by atoms with Gasteiger partial charge in [-0.25, -0.2) is 0 Å². The van der Waals surface area contributed by atoms with E-state index in [0.717, 1.165) is 5.56 Å². The normalized spacial score (nSPS) is 13.9. The summed E-state index contributed by atoms with van der Waals surface area (Å²) in [6, 6.07) is 20.3. The number of nitro groups is 1. The summed E-state index contributed by atoms with van der Waals surface area (Å²) in [5.41, 5.74) is 1.54. The SMILES string of the molecule is CN(C(=O)C(Cc1ccccc1)NC(=O)CN1CCN(C(=O)c2ccc([N+](=O)[O-])cc2)CC1=O)c1ccc(Cl)cc1. The maximum absolute atomic E-state index is 13.5. The van der Waals surface area contributed by atoms with Gasteiger partial charge in [0.15, 0.2) is 0 Å². The summed E-state index contributed by atoms with van der Waals surface area (Å²) in [5, 5.41) is 14.2. The molecule has 0 aliphatic carbocycles. The average molecular weight is 578 g/mol. The number of nitrogens with zero attached hydrogens (tertiary/aromatic N) is 4. The van der Waals surface area contributed by atoms with Gasteiger partial charge in [0.25, 0.3) is 11.6 Å². The second-order valence-electron chi connectivity index (χ2n) is 9.53. The summed E-state index contributed by atoms with van der Waals surface area (Å²) in [7, 11) is 1.61. The summed E-state index contributed by atoms with van der Waals surface area (Å²) < 4.78 is 0. The van der Waals surface area contributed by atoms with Crippen LogP contribution in [0, 0.1) is 10.1 Å². The van der Waals surface area contributed by atoms with Crippen LogP contribution in [-0.2, 0) is 20.8 Å². The van der Waals surface area contributed by atoms with Gasteiger partial charge in [-0.3, -0.25) is 29.3 Å². The van der Waals surface area contributed by atoms with Crippen molar-refractivity contribution < 1.29 is 24.1 Å². The number of hydrogen-bond acceptors (Lipinski definition) is 6. The Labute approximate surface area is 241 Å². The van der Waals surface area contributed by atoms with E-state index in [1.807, 2.05) is 30.3 Å². The van der Waals surface area contributed by atoms with Crippen molar-refractivity contribution >= 4 is 46.6 Å². The summed E-state index contributed by atoms with van der Waals surface area (Å²) >= 11 is 5.98.